The van der Waals surface area contributed by atoms with Crippen molar-refractivity contribution >= 4 is 6.72 Å². The van der Waals surface area contributed by atoms with Gasteiger partial charge in [0.15, 0.2) is 0 Å². The Bertz CT molecular complexity index is 207. The summed E-state index contributed by atoms with van der Waals surface area (Å²) >= 11 is 0. The van der Waals surface area contributed by atoms with Crippen LogP contribution < -0.4 is 0 Å². The van der Waals surface area contributed by atoms with Crippen LogP contribution in [0.15, 0.2) is 4.99 Å². The average Bonchev–Trinajstić information content (AvgIpc) is 2.51. The maximum atomic E-state index is 3.98. The van der Waals surface area contributed by atoms with E-state index in [1.165, 1.54) is 6.42 Å². The minimum absolute atomic E-state index is 0.579. The van der Waals surface area contributed by atoms with Gasteiger partial charge in [-0.05, 0) is 25.0 Å². The molecule has 0 bridgehead atoms. The molecule has 0 aliphatic heterocycles. The first-order chi connectivity index (χ1) is 5.75. The van der Waals surface area contributed by atoms with Gasteiger partial charge in [0.05, 0.1) is 0 Å². The van der Waals surface area contributed by atoms with Crippen molar-refractivity contribution in [1.29, 1.82) is 0 Å². The summed E-state index contributed by atoms with van der Waals surface area (Å²) in [7, 11) is 0. The molecule has 1 aliphatic rings. The summed E-state index contributed by atoms with van der Waals surface area (Å²) in [5, 5.41) is 0. The van der Waals surface area contributed by atoms with Crippen molar-refractivity contribution in [3.63, 3.8) is 0 Å². The van der Waals surface area contributed by atoms with Crippen molar-refractivity contribution in [2.75, 3.05) is 6.54 Å². The monoisotopic (exact) mass is 163 g/mol. The van der Waals surface area contributed by atoms with Crippen LogP contribution in [-0.2, 0) is 0 Å². The van der Waals surface area contributed by atoms with Crippen LogP contribution in [0.25, 0.3) is 0 Å². The van der Waals surface area contributed by atoms with Crippen LogP contribution in [0.5, 0.6) is 0 Å². The van der Waals surface area contributed by atoms with Crippen molar-refractivity contribution in [3.05, 3.63) is 0 Å². The van der Waals surface area contributed by atoms with E-state index in [2.05, 4.69) is 37.4 Å². The first-order valence-electron chi connectivity index (χ1n) is 4.66. The molecular weight excluding hydrogens is 146 g/mol. The van der Waals surface area contributed by atoms with Gasteiger partial charge in [-0.2, -0.15) is 0 Å². The molecule has 0 aromatic carbocycles. The minimum Gasteiger partial charge on any atom is -0.301 e. The van der Waals surface area contributed by atoms with Gasteiger partial charge in [-0.3, -0.25) is 0 Å². The van der Waals surface area contributed by atoms with Crippen LogP contribution in [-0.4, -0.2) is 13.3 Å². The zero-order valence-electron chi connectivity index (χ0n) is 8.01. The highest BCUT2D eigenvalue weighted by atomic mass is 14.7. The van der Waals surface area contributed by atoms with E-state index in [4.69, 9.17) is 0 Å². The lowest BCUT2D eigenvalue weighted by molar-refractivity contribution is 0.309. The summed E-state index contributed by atoms with van der Waals surface area (Å²) in [5.74, 6) is 8.31. The summed E-state index contributed by atoms with van der Waals surface area (Å²) in [6, 6.07) is 0. The van der Waals surface area contributed by atoms with E-state index in [1.807, 2.05) is 0 Å². The molecule has 1 nitrogen and oxygen atoms in total. The Balaban J connectivity index is 2.53. The van der Waals surface area contributed by atoms with Crippen molar-refractivity contribution < 1.29 is 0 Å². The molecule has 1 aliphatic carbocycles. The smallest absolute Gasteiger partial charge is 0.0424 e. The van der Waals surface area contributed by atoms with E-state index in [1.54, 1.807) is 0 Å². The molecule has 0 radical (unpaired) electrons. The summed E-state index contributed by atoms with van der Waals surface area (Å²) in [4.78, 5) is 3.98. The fourth-order valence-electron chi connectivity index (χ4n) is 1.78. The molecule has 0 saturated carbocycles. The maximum absolute atomic E-state index is 3.98. The molecule has 1 rings (SSSR count). The highest BCUT2D eigenvalue weighted by molar-refractivity contribution is 5.23. The molecule has 66 valence electrons. The zero-order valence-corrected chi connectivity index (χ0v) is 8.01. The molecule has 0 fully saturated rings. The Morgan fingerprint density at radius 2 is 2.33 bits per heavy atom. The molecule has 0 N–H and O–H groups in total. The highest BCUT2D eigenvalue weighted by Crippen LogP contribution is 2.27. The second-order valence-corrected chi connectivity index (χ2v) is 3.78. The van der Waals surface area contributed by atoms with E-state index in [0.29, 0.717) is 17.8 Å². The van der Waals surface area contributed by atoms with Crippen LogP contribution in [0, 0.1) is 29.6 Å². The second-order valence-electron chi connectivity index (χ2n) is 3.78. The average molecular weight is 163 g/mol. The van der Waals surface area contributed by atoms with Gasteiger partial charge in [0, 0.05) is 18.9 Å². The third-order valence-corrected chi connectivity index (χ3v) is 2.58. The van der Waals surface area contributed by atoms with E-state index < -0.39 is 0 Å². The molecule has 0 heterocycles. The summed E-state index contributed by atoms with van der Waals surface area (Å²) in [6.07, 6.45) is 2.28. The van der Waals surface area contributed by atoms with Crippen LogP contribution in [0.3, 0.4) is 0 Å². The van der Waals surface area contributed by atoms with E-state index in [9.17, 15) is 0 Å². The lowest BCUT2D eigenvalue weighted by Gasteiger charge is -2.22. The fraction of sp³-hybridized carbons (Fsp3) is 0.727. The quantitative estimate of drug-likeness (QED) is 0.445. The van der Waals surface area contributed by atoms with Gasteiger partial charge in [0.1, 0.15) is 0 Å². The van der Waals surface area contributed by atoms with Gasteiger partial charge in [-0.1, -0.05) is 19.8 Å². The van der Waals surface area contributed by atoms with Crippen molar-refractivity contribution in [2.45, 2.75) is 26.7 Å². The van der Waals surface area contributed by atoms with Crippen LogP contribution in [0.1, 0.15) is 26.7 Å². The standard InChI is InChI=1S/C11H17N/c1-9(2)11(8-12-3)10-6-4-5-7-10/h9-11H,3-4,6,8H2,1-2H3. The van der Waals surface area contributed by atoms with Crippen LogP contribution in [0.4, 0.5) is 0 Å². The van der Waals surface area contributed by atoms with Gasteiger partial charge in [0.25, 0.3) is 0 Å². The van der Waals surface area contributed by atoms with Gasteiger partial charge >= 0.3 is 0 Å². The maximum Gasteiger partial charge on any atom is 0.0424 e. The Labute approximate surface area is 75.3 Å². The lowest BCUT2D eigenvalue weighted by Crippen LogP contribution is -2.20. The minimum atomic E-state index is 0.579. The summed E-state index contributed by atoms with van der Waals surface area (Å²) in [5.41, 5.74) is 0. The van der Waals surface area contributed by atoms with Crippen LogP contribution in [0.2, 0.25) is 0 Å². The molecule has 0 saturated heterocycles. The molecule has 2 unspecified atom stereocenters. The SMILES string of the molecule is C=NCC(C(C)C)C1C#CCC1. The summed E-state index contributed by atoms with van der Waals surface area (Å²) in [6.45, 7) is 8.92. The van der Waals surface area contributed by atoms with E-state index in [-0.39, 0.29) is 0 Å². The van der Waals surface area contributed by atoms with Gasteiger partial charge < -0.3 is 4.99 Å². The number of hydrogen-bond acceptors (Lipinski definition) is 1. The Kier molecular flexibility index (Phi) is 3.34. The molecule has 0 spiro atoms. The molecule has 2 atom stereocenters. The zero-order chi connectivity index (χ0) is 8.97. The predicted molar refractivity (Wildman–Crippen MR) is 53.2 cm³/mol. The highest BCUT2D eigenvalue weighted by Gasteiger charge is 2.23. The number of rotatable bonds is 4. The van der Waals surface area contributed by atoms with Crippen molar-refractivity contribution in [2.24, 2.45) is 22.7 Å². The Morgan fingerprint density at radius 1 is 1.58 bits per heavy atom. The third kappa shape index (κ3) is 2.11. The number of hydrogen-bond donors (Lipinski definition) is 0. The molecule has 12 heavy (non-hydrogen) atoms. The predicted octanol–water partition coefficient (Wildman–Crippen LogP) is 2.37. The van der Waals surface area contributed by atoms with E-state index >= 15 is 0 Å². The molecule has 0 amide bonds. The van der Waals surface area contributed by atoms with Crippen molar-refractivity contribution in [1.82, 2.24) is 0 Å². The first kappa shape index (κ1) is 9.32. The number of nitrogens with zero attached hydrogens (tertiary/aromatic N) is 1. The third-order valence-electron chi connectivity index (χ3n) is 2.58. The van der Waals surface area contributed by atoms with Gasteiger partial charge in [-0.25, -0.2) is 0 Å². The topological polar surface area (TPSA) is 12.4 Å². The Morgan fingerprint density at radius 3 is 2.75 bits per heavy atom. The second kappa shape index (κ2) is 4.30. The fourth-order valence-corrected chi connectivity index (χ4v) is 1.78. The Hall–Kier alpha value is -0.770. The molecule has 1 heteroatoms. The largest absolute Gasteiger partial charge is 0.301 e. The van der Waals surface area contributed by atoms with Crippen LogP contribution >= 0.6 is 0 Å². The number of aliphatic imine (C=N–C) groups is 1. The molecule has 0 aromatic rings. The molecular formula is C11H17N. The van der Waals surface area contributed by atoms with E-state index in [0.717, 1.165) is 13.0 Å². The van der Waals surface area contributed by atoms with Gasteiger partial charge in [0.2, 0.25) is 0 Å². The normalized spacial score (nSPS) is 23.4. The molecule has 0 aromatic heterocycles. The van der Waals surface area contributed by atoms with Crippen molar-refractivity contribution in [3.8, 4) is 11.8 Å². The lowest BCUT2D eigenvalue weighted by atomic mass is 9.83. The van der Waals surface area contributed by atoms with Gasteiger partial charge in [-0.15, -0.1) is 5.92 Å². The summed E-state index contributed by atoms with van der Waals surface area (Å²) < 4.78 is 0. The first-order valence-corrected chi connectivity index (χ1v) is 4.66.